The predicted octanol–water partition coefficient (Wildman–Crippen LogP) is 13.2. The van der Waals surface area contributed by atoms with E-state index in [0.29, 0.717) is 0 Å². The molecule has 1 nitrogen and oxygen atoms in total. The molecule has 10 rings (SSSR count). The maximum Gasteiger partial charge on any atom is 0.143 e. The van der Waals surface area contributed by atoms with Crippen molar-refractivity contribution in [3.05, 3.63) is 232 Å². The van der Waals surface area contributed by atoms with Gasteiger partial charge in [0.15, 0.2) is 0 Å². The molecule has 1 heteroatoms. The summed E-state index contributed by atoms with van der Waals surface area (Å²) in [6.45, 7) is 4.74. The number of hydrogen-bond donors (Lipinski definition) is 0. The lowest BCUT2D eigenvalue weighted by Gasteiger charge is -2.39. The molecule has 0 bridgehead atoms. The summed E-state index contributed by atoms with van der Waals surface area (Å²) in [5.74, 6) is 0.127. The molecule has 1 aromatic heterocycles. The van der Waals surface area contributed by atoms with Gasteiger partial charge >= 0.3 is 0 Å². The van der Waals surface area contributed by atoms with E-state index in [1.165, 1.54) is 61.2 Å². The van der Waals surface area contributed by atoms with Gasteiger partial charge in [0.25, 0.3) is 0 Å². The SMILES string of the molecule is CC1(C)c2ccccc2C(c2cc(C3=C(c4ccccc4)C(c4ccccc4)C=C3c3ccccc3)c3oc4ccccc4c3c2)c2ccccc21. The average Bonchev–Trinajstić information content (AvgIpc) is 3.79. The Hall–Kier alpha value is -6.18. The normalized spacial score (nSPS) is 16.6. The Bertz CT molecular complexity index is 2640. The molecule has 0 saturated heterocycles. The summed E-state index contributed by atoms with van der Waals surface area (Å²) in [5, 5.41) is 2.29. The first-order chi connectivity index (χ1) is 25.6. The van der Waals surface area contributed by atoms with E-state index in [1.807, 2.05) is 0 Å². The van der Waals surface area contributed by atoms with Crippen LogP contribution in [0.3, 0.4) is 0 Å². The summed E-state index contributed by atoms with van der Waals surface area (Å²) < 4.78 is 6.96. The molecule has 0 N–H and O–H groups in total. The molecule has 0 amide bonds. The second kappa shape index (κ2) is 12.0. The Morgan fingerprint density at radius 1 is 0.500 bits per heavy atom. The molecule has 8 aromatic rings. The van der Waals surface area contributed by atoms with Crippen molar-refractivity contribution in [2.75, 3.05) is 0 Å². The highest BCUT2D eigenvalue weighted by Crippen LogP contribution is 2.55. The molecule has 2 aliphatic rings. The van der Waals surface area contributed by atoms with E-state index >= 15 is 0 Å². The molecule has 0 aliphatic heterocycles. The van der Waals surface area contributed by atoms with E-state index in [1.54, 1.807) is 0 Å². The minimum Gasteiger partial charge on any atom is -0.455 e. The number of furan rings is 1. The van der Waals surface area contributed by atoms with Crippen molar-refractivity contribution >= 4 is 38.7 Å². The van der Waals surface area contributed by atoms with Gasteiger partial charge in [0.2, 0.25) is 0 Å². The molecule has 7 aromatic carbocycles. The van der Waals surface area contributed by atoms with E-state index in [2.05, 4.69) is 196 Å². The van der Waals surface area contributed by atoms with Crippen molar-refractivity contribution in [1.29, 1.82) is 0 Å². The first kappa shape index (κ1) is 30.6. The molecule has 0 spiro atoms. The lowest BCUT2D eigenvalue weighted by atomic mass is 9.63. The Labute approximate surface area is 305 Å². The van der Waals surface area contributed by atoms with Crippen LogP contribution in [0.4, 0.5) is 0 Å². The Balaban J connectivity index is 1.34. The Morgan fingerprint density at radius 2 is 1.06 bits per heavy atom. The van der Waals surface area contributed by atoms with Gasteiger partial charge in [-0.05, 0) is 79.4 Å². The third-order valence-electron chi connectivity index (χ3n) is 11.5. The number of fused-ring (bicyclic) bond motifs is 5. The van der Waals surface area contributed by atoms with Gasteiger partial charge in [-0.3, -0.25) is 0 Å². The fraction of sp³-hybridized carbons (Fsp3) is 0.0980. The molecule has 1 unspecified atom stereocenters. The van der Waals surface area contributed by atoms with E-state index in [4.69, 9.17) is 4.42 Å². The van der Waals surface area contributed by atoms with Crippen LogP contribution in [0.5, 0.6) is 0 Å². The van der Waals surface area contributed by atoms with E-state index < -0.39 is 0 Å². The number of allylic oxidation sites excluding steroid dienone is 4. The van der Waals surface area contributed by atoms with E-state index in [0.717, 1.165) is 27.5 Å². The monoisotopic (exact) mass is 666 g/mol. The van der Waals surface area contributed by atoms with Crippen LogP contribution in [-0.4, -0.2) is 0 Å². The standard InChI is InChI=1S/C51H38O/c1-51(2)44-27-15-12-25-38(44)47(39-26-13-16-28-45(39)51)36-30-42-37-24-14-17-29-46(37)52-50(42)43(31-36)49-41(34-20-8-4-9-21-34)32-40(33-18-6-3-7-19-33)48(49)35-22-10-5-11-23-35/h3-32,40,47H,1-2H3. The first-order valence-electron chi connectivity index (χ1n) is 18.3. The summed E-state index contributed by atoms with van der Waals surface area (Å²) in [5.41, 5.74) is 17.1. The lowest BCUT2D eigenvalue weighted by molar-refractivity contribution is 0.597. The molecule has 1 heterocycles. The third-order valence-corrected chi connectivity index (χ3v) is 11.5. The molecule has 1 atom stereocenters. The van der Waals surface area contributed by atoms with Crippen molar-refractivity contribution in [3.63, 3.8) is 0 Å². The molecule has 52 heavy (non-hydrogen) atoms. The Kier molecular flexibility index (Phi) is 7.05. The van der Waals surface area contributed by atoms with Crippen LogP contribution in [-0.2, 0) is 5.41 Å². The summed E-state index contributed by atoms with van der Waals surface area (Å²) in [7, 11) is 0. The fourth-order valence-electron chi connectivity index (χ4n) is 9.16. The van der Waals surface area contributed by atoms with Crippen LogP contribution in [0, 0.1) is 0 Å². The second-order valence-electron chi connectivity index (χ2n) is 14.8. The van der Waals surface area contributed by atoms with Crippen LogP contribution >= 0.6 is 0 Å². The molecule has 248 valence electrons. The quantitative estimate of drug-likeness (QED) is 0.178. The Morgan fingerprint density at radius 3 is 1.73 bits per heavy atom. The van der Waals surface area contributed by atoms with Crippen molar-refractivity contribution in [1.82, 2.24) is 0 Å². The van der Waals surface area contributed by atoms with Crippen LogP contribution in [0.2, 0.25) is 0 Å². The van der Waals surface area contributed by atoms with Gasteiger partial charge < -0.3 is 4.42 Å². The van der Waals surface area contributed by atoms with Gasteiger partial charge in [0.1, 0.15) is 11.2 Å². The number of benzene rings is 7. The number of rotatable bonds is 5. The summed E-state index contributed by atoms with van der Waals surface area (Å²) in [4.78, 5) is 0. The summed E-state index contributed by atoms with van der Waals surface area (Å²) in [6, 6.07) is 64.4. The predicted molar refractivity (Wildman–Crippen MR) is 217 cm³/mol. The van der Waals surface area contributed by atoms with Crippen LogP contribution in [0.25, 0.3) is 38.7 Å². The van der Waals surface area contributed by atoms with Gasteiger partial charge in [-0.2, -0.15) is 0 Å². The lowest BCUT2D eigenvalue weighted by Crippen LogP contribution is -2.29. The molecule has 2 aliphatic carbocycles. The summed E-state index contributed by atoms with van der Waals surface area (Å²) in [6.07, 6.45) is 2.48. The molecule has 0 saturated carbocycles. The maximum atomic E-state index is 6.96. The van der Waals surface area contributed by atoms with Crippen molar-refractivity contribution in [2.24, 2.45) is 0 Å². The van der Waals surface area contributed by atoms with Crippen molar-refractivity contribution in [3.8, 4) is 0 Å². The first-order valence-corrected chi connectivity index (χ1v) is 18.3. The van der Waals surface area contributed by atoms with Crippen molar-refractivity contribution < 1.29 is 4.42 Å². The summed E-state index contributed by atoms with van der Waals surface area (Å²) >= 11 is 0. The van der Waals surface area contributed by atoms with E-state index in [9.17, 15) is 0 Å². The highest BCUT2D eigenvalue weighted by Gasteiger charge is 2.39. The maximum absolute atomic E-state index is 6.96. The van der Waals surface area contributed by atoms with Crippen LogP contribution < -0.4 is 0 Å². The molecular formula is C51H38O. The highest BCUT2D eigenvalue weighted by molar-refractivity contribution is 6.24. The smallest absolute Gasteiger partial charge is 0.143 e. The number of hydrogen-bond acceptors (Lipinski definition) is 1. The zero-order valence-electron chi connectivity index (χ0n) is 29.4. The van der Waals surface area contributed by atoms with Crippen LogP contribution in [0.15, 0.2) is 186 Å². The second-order valence-corrected chi connectivity index (χ2v) is 14.8. The van der Waals surface area contributed by atoms with Gasteiger partial charge in [0.05, 0.1) is 0 Å². The van der Waals surface area contributed by atoms with Gasteiger partial charge in [-0.25, -0.2) is 0 Å². The van der Waals surface area contributed by atoms with E-state index in [-0.39, 0.29) is 17.3 Å². The van der Waals surface area contributed by atoms with Crippen LogP contribution in [0.1, 0.15) is 75.8 Å². The fourth-order valence-corrected chi connectivity index (χ4v) is 9.16. The molecular weight excluding hydrogens is 629 g/mol. The number of para-hydroxylation sites is 1. The molecule has 0 fully saturated rings. The largest absolute Gasteiger partial charge is 0.455 e. The molecule has 0 radical (unpaired) electrons. The minimum absolute atomic E-state index is 0.0634. The van der Waals surface area contributed by atoms with Gasteiger partial charge in [-0.15, -0.1) is 0 Å². The van der Waals surface area contributed by atoms with Gasteiger partial charge in [-0.1, -0.05) is 178 Å². The average molecular weight is 667 g/mol. The topological polar surface area (TPSA) is 13.1 Å². The zero-order chi connectivity index (χ0) is 34.8. The third kappa shape index (κ3) is 4.69. The van der Waals surface area contributed by atoms with Crippen molar-refractivity contribution in [2.45, 2.75) is 31.1 Å². The highest BCUT2D eigenvalue weighted by atomic mass is 16.3. The minimum atomic E-state index is -0.112. The van der Waals surface area contributed by atoms with Gasteiger partial charge in [0, 0.05) is 33.6 Å². The zero-order valence-corrected chi connectivity index (χ0v) is 29.4.